The van der Waals surface area contributed by atoms with Crippen LogP contribution in [-0.2, 0) is 14.8 Å². The number of hydrogen-bond donors (Lipinski definition) is 2. The largest absolute Gasteiger partial charge is 0.330 e. The number of carbonyl (C=O) groups excluding carboxylic acids is 1. The van der Waals surface area contributed by atoms with E-state index in [1.165, 1.54) is 0 Å². The molecule has 0 aliphatic carbocycles. The van der Waals surface area contributed by atoms with Crippen molar-refractivity contribution in [3.8, 4) is 0 Å². The molecule has 0 aromatic heterocycles. The van der Waals surface area contributed by atoms with Crippen molar-refractivity contribution in [1.82, 2.24) is 4.72 Å². The number of hydrogen-bond acceptors (Lipinski definition) is 4. The fourth-order valence-electron chi connectivity index (χ4n) is 1.23. The van der Waals surface area contributed by atoms with Crippen molar-refractivity contribution < 1.29 is 13.2 Å². The van der Waals surface area contributed by atoms with Crippen molar-refractivity contribution in [2.75, 3.05) is 12.3 Å². The van der Waals surface area contributed by atoms with Gasteiger partial charge in [0.25, 0.3) is 0 Å². The van der Waals surface area contributed by atoms with E-state index in [2.05, 4.69) is 0 Å². The van der Waals surface area contributed by atoms with E-state index in [4.69, 9.17) is 5.73 Å². The molecule has 0 saturated carbocycles. The maximum atomic E-state index is 11.5. The second-order valence-corrected chi connectivity index (χ2v) is 5.71. The molecule has 0 aliphatic rings. The summed E-state index contributed by atoms with van der Waals surface area (Å²) in [5, 5.41) is 0. The molecule has 0 aliphatic heterocycles. The van der Waals surface area contributed by atoms with Crippen LogP contribution < -0.4 is 10.5 Å². The minimum atomic E-state index is -3.47. The summed E-state index contributed by atoms with van der Waals surface area (Å²) in [6.45, 7) is 5.57. The average molecular weight is 236 g/mol. The third-order valence-electron chi connectivity index (χ3n) is 2.12. The van der Waals surface area contributed by atoms with Gasteiger partial charge >= 0.3 is 0 Å². The lowest BCUT2D eigenvalue weighted by Gasteiger charge is -2.17. The van der Waals surface area contributed by atoms with E-state index >= 15 is 0 Å². The summed E-state index contributed by atoms with van der Waals surface area (Å²) in [5.41, 5.74) is 5.41. The van der Waals surface area contributed by atoms with E-state index in [0.717, 1.165) is 0 Å². The van der Waals surface area contributed by atoms with Gasteiger partial charge in [0, 0.05) is 6.54 Å². The molecule has 1 amide bonds. The molecule has 90 valence electrons. The Labute approximate surface area is 91.5 Å². The third-order valence-corrected chi connectivity index (χ3v) is 3.58. The zero-order valence-corrected chi connectivity index (χ0v) is 10.3. The topological polar surface area (TPSA) is 89.3 Å². The molecule has 0 spiro atoms. The summed E-state index contributed by atoms with van der Waals surface area (Å²) in [6, 6.07) is 0. The minimum absolute atomic E-state index is 0.0336. The molecular weight excluding hydrogens is 216 g/mol. The predicted molar refractivity (Wildman–Crippen MR) is 59.6 cm³/mol. The Morgan fingerprint density at radius 1 is 1.40 bits per heavy atom. The predicted octanol–water partition coefficient (Wildman–Crippen LogP) is 0.0733. The third kappa shape index (κ3) is 5.13. The van der Waals surface area contributed by atoms with Gasteiger partial charge in [0.2, 0.25) is 15.9 Å². The summed E-state index contributed by atoms with van der Waals surface area (Å²) >= 11 is 0. The van der Waals surface area contributed by atoms with Crippen molar-refractivity contribution in [2.24, 2.45) is 17.6 Å². The first-order valence-electron chi connectivity index (χ1n) is 5.08. The molecule has 5 nitrogen and oxygen atoms in total. The smallest absolute Gasteiger partial charge is 0.238 e. The maximum Gasteiger partial charge on any atom is 0.238 e. The highest BCUT2D eigenvalue weighted by Gasteiger charge is 2.24. The Kier molecular flexibility index (Phi) is 5.82. The molecule has 0 rings (SSSR count). The van der Waals surface area contributed by atoms with Crippen LogP contribution in [0.3, 0.4) is 0 Å². The minimum Gasteiger partial charge on any atom is -0.330 e. The number of rotatable bonds is 6. The molecule has 0 bridgehead atoms. The molecule has 15 heavy (non-hydrogen) atoms. The first-order chi connectivity index (χ1) is 6.84. The van der Waals surface area contributed by atoms with Crippen LogP contribution in [0.5, 0.6) is 0 Å². The van der Waals surface area contributed by atoms with E-state index in [-0.39, 0.29) is 18.2 Å². The standard InChI is InChI=1S/C9H20N2O3S/c1-4-5-15(13,14)11-9(12)8(6-10)7(2)3/h7-8H,4-6,10H2,1-3H3,(H,11,12). The van der Waals surface area contributed by atoms with E-state index in [9.17, 15) is 13.2 Å². The van der Waals surface area contributed by atoms with Crippen LogP contribution >= 0.6 is 0 Å². The summed E-state index contributed by atoms with van der Waals surface area (Å²) in [7, 11) is -3.47. The first kappa shape index (κ1) is 14.4. The molecule has 1 unspecified atom stereocenters. The summed E-state index contributed by atoms with van der Waals surface area (Å²) in [5.74, 6) is -0.946. The fraction of sp³-hybridized carbons (Fsp3) is 0.889. The molecule has 0 aromatic rings. The monoisotopic (exact) mass is 236 g/mol. The van der Waals surface area contributed by atoms with Gasteiger partial charge in [-0.3, -0.25) is 9.52 Å². The Morgan fingerprint density at radius 3 is 2.27 bits per heavy atom. The highest BCUT2D eigenvalue weighted by atomic mass is 32.2. The average Bonchev–Trinajstić information content (AvgIpc) is 2.02. The molecule has 1 atom stereocenters. The lowest BCUT2D eigenvalue weighted by molar-refractivity contribution is -0.124. The molecule has 0 heterocycles. The van der Waals surface area contributed by atoms with Crippen LogP contribution in [0.15, 0.2) is 0 Å². The highest BCUT2D eigenvalue weighted by Crippen LogP contribution is 2.09. The molecule has 0 saturated heterocycles. The van der Waals surface area contributed by atoms with Gasteiger partial charge in [-0.05, 0) is 12.3 Å². The molecule has 0 aromatic carbocycles. The van der Waals surface area contributed by atoms with E-state index < -0.39 is 21.8 Å². The number of nitrogens with one attached hydrogen (secondary N) is 1. The number of amides is 1. The molecule has 0 fully saturated rings. The molecule has 6 heteroatoms. The summed E-state index contributed by atoms with van der Waals surface area (Å²) in [4.78, 5) is 11.5. The second-order valence-electron chi connectivity index (χ2n) is 3.87. The van der Waals surface area contributed by atoms with Gasteiger partial charge in [-0.25, -0.2) is 8.42 Å². The Hall–Kier alpha value is -0.620. The Bertz CT molecular complexity index is 298. The normalized spacial score (nSPS) is 13.9. The maximum absolute atomic E-state index is 11.5. The van der Waals surface area contributed by atoms with E-state index in [0.29, 0.717) is 6.42 Å². The molecule has 0 radical (unpaired) electrons. The zero-order chi connectivity index (χ0) is 12.1. The van der Waals surface area contributed by atoms with Crippen molar-refractivity contribution in [1.29, 1.82) is 0 Å². The van der Waals surface area contributed by atoms with Gasteiger partial charge in [-0.2, -0.15) is 0 Å². The first-order valence-corrected chi connectivity index (χ1v) is 6.73. The SMILES string of the molecule is CCCS(=O)(=O)NC(=O)C(CN)C(C)C. The van der Waals surface area contributed by atoms with E-state index in [1.807, 2.05) is 18.6 Å². The number of carbonyl (C=O) groups is 1. The number of nitrogens with two attached hydrogens (primary N) is 1. The molecular formula is C9H20N2O3S. The van der Waals surface area contributed by atoms with Crippen LogP contribution in [0.25, 0.3) is 0 Å². The quantitative estimate of drug-likeness (QED) is 0.683. The molecule has 3 N–H and O–H groups in total. The Morgan fingerprint density at radius 2 is 1.93 bits per heavy atom. The van der Waals surface area contributed by atoms with Crippen molar-refractivity contribution in [3.63, 3.8) is 0 Å². The lowest BCUT2D eigenvalue weighted by Crippen LogP contribution is -2.41. The van der Waals surface area contributed by atoms with Gasteiger partial charge in [0.15, 0.2) is 0 Å². The van der Waals surface area contributed by atoms with Crippen LogP contribution in [0.2, 0.25) is 0 Å². The number of sulfonamides is 1. The van der Waals surface area contributed by atoms with Crippen LogP contribution in [0.4, 0.5) is 0 Å². The van der Waals surface area contributed by atoms with Crippen molar-refractivity contribution in [2.45, 2.75) is 27.2 Å². The zero-order valence-electron chi connectivity index (χ0n) is 9.49. The van der Waals surface area contributed by atoms with Gasteiger partial charge in [0.1, 0.15) is 0 Å². The second kappa shape index (κ2) is 6.07. The van der Waals surface area contributed by atoms with Crippen LogP contribution in [0, 0.1) is 11.8 Å². The highest BCUT2D eigenvalue weighted by molar-refractivity contribution is 7.90. The van der Waals surface area contributed by atoms with Gasteiger partial charge in [-0.1, -0.05) is 20.8 Å². The van der Waals surface area contributed by atoms with Gasteiger partial charge < -0.3 is 5.73 Å². The van der Waals surface area contributed by atoms with E-state index in [1.54, 1.807) is 6.92 Å². The van der Waals surface area contributed by atoms with Crippen LogP contribution in [-0.4, -0.2) is 26.6 Å². The van der Waals surface area contributed by atoms with Crippen molar-refractivity contribution >= 4 is 15.9 Å². The van der Waals surface area contributed by atoms with Gasteiger partial charge in [0.05, 0.1) is 11.7 Å². The van der Waals surface area contributed by atoms with Gasteiger partial charge in [-0.15, -0.1) is 0 Å². The summed E-state index contributed by atoms with van der Waals surface area (Å²) < 4.78 is 24.7. The summed E-state index contributed by atoms with van der Waals surface area (Å²) in [6.07, 6.45) is 0.484. The van der Waals surface area contributed by atoms with Crippen LogP contribution in [0.1, 0.15) is 27.2 Å². The van der Waals surface area contributed by atoms with Crippen molar-refractivity contribution in [3.05, 3.63) is 0 Å². The fourth-order valence-corrected chi connectivity index (χ4v) is 2.33. The Balaban J connectivity index is 4.47. The lowest BCUT2D eigenvalue weighted by atomic mass is 9.96.